The maximum atomic E-state index is 14.1. The molecule has 0 spiro atoms. The van der Waals surface area contributed by atoms with Gasteiger partial charge in [0.2, 0.25) is 0 Å². The number of piperidine rings is 1. The minimum absolute atomic E-state index is 0.0866. The Morgan fingerprint density at radius 2 is 1.67 bits per heavy atom. The molecule has 1 aliphatic heterocycles. The predicted octanol–water partition coefficient (Wildman–Crippen LogP) is 3.86. The van der Waals surface area contributed by atoms with Crippen LogP contribution in [0.25, 0.3) is 6.08 Å². The fourth-order valence-corrected chi connectivity index (χ4v) is 3.06. The van der Waals surface area contributed by atoms with Crippen molar-refractivity contribution in [1.82, 2.24) is 10.2 Å². The Kier molecular flexibility index (Phi) is 6.01. The SMILES string of the molecule is CC1CCN(C(=O)/C(=C\c2ccccc2F)NC(=O)c2ccccc2)CC1. The lowest BCUT2D eigenvalue weighted by molar-refractivity contribution is -0.128. The van der Waals surface area contributed by atoms with Crippen molar-refractivity contribution in [3.8, 4) is 0 Å². The van der Waals surface area contributed by atoms with E-state index in [4.69, 9.17) is 0 Å². The van der Waals surface area contributed by atoms with E-state index in [1.165, 1.54) is 12.1 Å². The van der Waals surface area contributed by atoms with Crippen LogP contribution in [0.5, 0.6) is 0 Å². The van der Waals surface area contributed by atoms with Crippen molar-refractivity contribution < 1.29 is 14.0 Å². The zero-order valence-electron chi connectivity index (χ0n) is 15.3. The lowest BCUT2D eigenvalue weighted by Gasteiger charge is -2.31. The van der Waals surface area contributed by atoms with Gasteiger partial charge < -0.3 is 10.2 Å². The van der Waals surface area contributed by atoms with Gasteiger partial charge in [-0.3, -0.25) is 9.59 Å². The Hall–Kier alpha value is -2.95. The summed E-state index contributed by atoms with van der Waals surface area (Å²) in [6.07, 6.45) is 3.26. The van der Waals surface area contributed by atoms with Gasteiger partial charge in [0.1, 0.15) is 11.5 Å². The Labute approximate surface area is 158 Å². The number of benzene rings is 2. The summed E-state index contributed by atoms with van der Waals surface area (Å²) in [5.41, 5.74) is 0.792. The van der Waals surface area contributed by atoms with Crippen LogP contribution in [0.4, 0.5) is 4.39 Å². The average molecular weight is 366 g/mol. The highest BCUT2D eigenvalue weighted by Crippen LogP contribution is 2.19. The van der Waals surface area contributed by atoms with Gasteiger partial charge >= 0.3 is 0 Å². The first-order valence-corrected chi connectivity index (χ1v) is 9.16. The third-order valence-electron chi connectivity index (χ3n) is 4.79. The van der Waals surface area contributed by atoms with Gasteiger partial charge in [-0.2, -0.15) is 0 Å². The third kappa shape index (κ3) is 4.82. The number of hydrogen-bond donors (Lipinski definition) is 1. The van der Waals surface area contributed by atoms with E-state index in [0.717, 1.165) is 12.8 Å². The summed E-state index contributed by atoms with van der Waals surface area (Å²) in [6, 6.07) is 14.8. The molecule has 140 valence electrons. The highest BCUT2D eigenvalue weighted by molar-refractivity contribution is 6.05. The molecule has 4 nitrogen and oxygen atoms in total. The van der Waals surface area contributed by atoms with Crippen molar-refractivity contribution in [2.75, 3.05) is 13.1 Å². The van der Waals surface area contributed by atoms with E-state index < -0.39 is 11.7 Å². The van der Waals surface area contributed by atoms with Crippen LogP contribution in [-0.2, 0) is 4.79 Å². The fourth-order valence-electron chi connectivity index (χ4n) is 3.06. The summed E-state index contributed by atoms with van der Waals surface area (Å²) < 4.78 is 14.1. The molecule has 0 atom stereocenters. The second-order valence-corrected chi connectivity index (χ2v) is 6.87. The van der Waals surface area contributed by atoms with E-state index in [1.807, 2.05) is 6.07 Å². The van der Waals surface area contributed by atoms with E-state index in [9.17, 15) is 14.0 Å². The van der Waals surface area contributed by atoms with Gasteiger partial charge in [-0.1, -0.05) is 43.3 Å². The lowest BCUT2D eigenvalue weighted by atomic mass is 9.99. The first kappa shape index (κ1) is 18.8. The van der Waals surface area contributed by atoms with Gasteiger partial charge in [-0.15, -0.1) is 0 Å². The number of rotatable bonds is 4. The number of nitrogens with one attached hydrogen (secondary N) is 1. The number of carbonyl (C=O) groups is 2. The van der Waals surface area contributed by atoms with Gasteiger partial charge in [0.25, 0.3) is 11.8 Å². The molecule has 0 aliphatic carbocycles. The molecule has 2 aromatic carbocycles. The highest BCUT2D eigenvalue weighted by atomic mass is 19.1. The summed E-state index contributed by atoms with van der Waals surface area (Å²) in [5, 5.41) is 2.68. The topological polar surface area (TPSA) is 49.4 Å². The first-order chi connectivity index (χ1) is 13.0. The largest absolute Gasteiger partial charge is 0.337 e. The van der Waals surface area contributed by atoms with Crippen LogP contribution >= 0.6 is 0 Å². The minimum atomic E-state index is -0.441. The van der Waals surface area contributed by atoms with Gasteiger partial charge in [-0.05, 0) is 43.0 Å². The molecule has 3 rings (SSSR count). The van der Waals surface area contributed by atoms with Crippen LogP contribution in [0.1, 0.15) is 35.7 Å². The highest BCUT2D eigenvalue weighted by Gasteiger charge is 2.24. The molecule has 5 heteroatoms. The summed E-state index contributed by atoms with van der Waals surface area (Å²) in [4.78, 5) is 27.3. The lowest BCUT2D eigenvalue weighted by Crippen LogP contribution is -2.42. The van der Waals surface area contributed by atoms with Crippen LogP contribution in [0.15, 0.2) is 60.3 Å². The van der Waals surface area contributed by atoms with Crippen molar-refractivity contribution in [2.24, 2.45) is 5.92 Å². The number of amides is 2. The molecular formula is C22H23FN2O2. The number of halogens is 1. The van der Waals surface area contributed by atoms with Crippen molar-refractivity contribution in [3.63, 3.8) is 0 Å². The maximum absolute atomic E-state index is 14.1. The van der Waals surface area contributed by atoms with Gasteiger partial charge in [0.05, 0.1) is 0 Å². The molecule has 1 heterocycles. The van der Waals surface area contributed by atoms with Gasteiger partial charge in [-0.25, -0.2) is 4.39 Å². The zero-order chi connectivity index (χ0) is 19.2. The third-order valence-corrected chi connectivity index (χ3v) is 4.79. The predicted molar refractivity (Wildman–Crippen MR) is 103 cm³/mol. The minimum Gasteiger partial charge on any atom is -0.337 e. The molecule has 1 aliphatic rings. The summed E-state index contributed by atoms with van der Waals surface area (Å²) >= 11 is 0. The molecule has 0 radical (unpaired) electrons. The molecule has 2 amide bonds. The molecule has 27 heavy (non-hydrogen) atoms. The first-order valence-electron chi connectivity index (χ1n) is 9.16. The molecule has 1 fully saturated rings. The molecule has 0 saturated carbocycles. The number of carbonyl (C=O) groups excluding carboxylic acids is 2. The van der Waals surface area contributed by atoms with Gasteiger partial charge in [0, 0.05) is 24.2 Å². The van der Waals surface area contributed by atoms with E-state index >= 15 is 0 Å². The van der Waals surface area contributed by atoms with Crippen molar-refractivity contribution in [1.29, 1.82) is 0 Å². The Balaban J connectivity index is 1.88. The Morgan fingerprint density at radius 1 is 1.04 bits per heavy atom. The van der Waals surface area contributed by atoms with Crippen molar-refractivity contribution >= 4 is 17.9 Å². The summed E-state index contributed by atoms with van der Waals surface area (Å²) in [7, 11) is 0. The second-order valence-electron chi connectivity index (χ2n) is 6.87. The number of likely N-dealkylation sites (tertiary alicyclic amines) is 1. The Bertz CT molecular complexity index is 840. The maximum Gasteiger partial charge on any atom is 0.270 e. The van der Waals surface area contributed by atoms with Crippen molar-refractivity contribution in [2.45, 2.75) is 19.8 Å². The van der Waals surface area contributed by atoms with E-state index in [1.54, 1.807) is 47.4 Å². The quantitative estimate of drug-likeness (QED) is 0.836. The number of nitrogens with zero attached hydrogens (tertiary/aromatic N) is 1. The van der Waals surface area contributed by atoms with Crippen LogP contribution in [0, 0.1) is 11.7 Å². The standard InChI is InChI=1S/C22H23FN2O2/c1-16-11-13-25(14-12-16)22(27)20(15-18-9-5-6-10-19(18)23)24-21(26)17-7-3-2-4-8-17/h2-10,15-16H,11-14H2,1H3,(H,24,26)/b20-15+. The van der Waals surface area contributed by atoms with Crippen LogP contribution < -0.4 is 5.32 Å². The van der Waals surface area contributed by atoms with Crippen LogP contribution in [0.2, 0.25) is 0 Å². The molecule has 1 saturated heterocycles. The molecule has 0 unspecified atom stereocenters. The van der Waals surface area contributed by atoms with E-state index in [0.29, 0.717) is 24.6 Å². The Morgan fingerprint density at radius 3 is 2.33 bits per heavy atom. The van der Waals surface area contributed by atoms with Crippen LogP contribution in [0.3, 0.4) is 0 Å². The normalized spacial score (nSPS) is 15.5. The van der Waals surface area contributed by atoms with E-state index in [-0.39, 0.29) is 17.2 Å². The van der Waals surface area contributed by atoms with E-state index in [2.05, 4.69) is 12.2 Å². The molecule has 0 bridgehead atoms. The second kappa shape index (κ2) is 8.62. The average Bonchev–Trinajstić information content (AvgIpc) is 2.69. The van der Waals surface area contributed by atoms with Crippen molar-refractivity contribution in [3.05, 3.63) is 77.2 Å². The molecule has 1 N–H and O–H groups in total. The van der Waals surface area contributed by atoms with Crippen LogP contribution in [-0.4, -0.2) is 29.8 Å². The zero-order valence-corrected chi connectivity index (χ0v) is 15.3. The molecular weight excluding hydrogens is 343 g/mol. The smallest absolute Gasteiger partial charge is 0.270 e. The number of hydrogen-bond acceptors (Lipinski definition) is 2. The summed E-state index contributed by atoms with van der Waals surface area (Å²) in [6.45, 7) is 3.43. The molecule has 0 aromatic heterocycles. The van der Waals surface area contributed by atoms with Gasteiger partial charge in [0.15, 0.2) is 0 Å². The summed E-state index contributed by atoms with van der Waals surface area (Å²) in [5.74, 6) is -0.540. The monoisotopic (exact) mass is 366 g/mol. The fraction of sp³-hybridized carbons (Fsp3) is 0.273. The molecule has 2 aromatic rings.